The number of hydrogen-bond donors (Lipinski definition) is 1. The molecule has 1 aromatic carbocycles. The summed E-state index contributed by atoms with van der Waals surface area (Å²) in [6.07, 6.45) is 2.92. The van der Waals surface area contributed by atoms with Crippen molar-refractivity contribution in [1.29, 1.82) is 0 Å². The molecule has 0 fully saturated rings. The first-order valence-electron chi connectivity index (χ1n) is 5.19. The predicted molar refractivity (Wildman–Crippen MR) is 67.9 cm³/mol. The molecule has 1 N–H and O–H groups in total. The lowest BCUT2D eigenvalue weighted by atomic mass is 10.1. The lowest BCUT2D eigenvalue weighted by molar-refractivity contribution is 0.151. The third-order valence-corrected chi connectivity index (χ3v) is 2.85. The van der Waals surface area contributed by atoms with Crippen LogP contribution in [0, 0.1) is 0 Å². The van der Waals surface area contributed by atoms with Crippen LogP contribution in [0.15, 0.2) is 41.1 Å². The van der Waals surface area contributed by atoms with Gasteiger partial charge in [0, 0.05) is 6.20 Å². The van der Waals surface area contributed by atoms with Gasteiger partial charge in [-0.15, -0.1) is 0 Å². The Labute approximate surface area is 108 Å². The van der Waals surface area contributed by atoms with Crippen LogP contribution in [0.3, 0.4) is 0 Å². The van der Waals surface area contributed by atoms with Crippen LogP contribution in [-0.4, -0.2) is 22.0 Å². The molecule has 5 heteroatoms. The van der Waals surface area contributed by atoms with Crippen molar-refractivity contribution >= 4 is 15.9 Å². The summed E-state index contributed by atoms with van der Waals surface area (Å²) in [5.41, 5.74) is 0.816. The van der Waals surface area contributed by atoms with E-state index in [1.54, 1.807) is 18.0 Å². The maximum atomic E-state index is 10.1. The zero-order valence-corrected chi connectivity index (χ0v) is 11.0. The van der Waals surface area contributed by atoms with Crippen LogP contribution < -0.4 is 4.74 Å². The van der Waals surface area contributed by atoms with Crippen molar-refractivity contribution in [2.75, 3.05) is 7.11 Å². The molecule has 0 bridgehead atoms. The monoisotopic (exact) mass is 296 g/mol. The number of methoxy groups -OCH3 is 1. The number of nitrogens with zero attached hydrogens (tertiary/aromatic N) is 2. The zero-order chi connectivity index (χ0) is 12.3. The summed E-state index contributed by atoms with van der Waals surface area (Å²) in [6.45, 7) is 0.415. The van der Waals surface area contributed by atoms with Crippen LogP contribution in [0.2, 0.25) is 0 Å². The molecule has 1 unspecified atom stereocenters. The first-order chi connectivity index (χ1) is 8.19. The number of benzene rings is 1. The number of halogens is 1. The molecular weight excluding hydrogens is 284 g/mol. The summed E-state index contributed by atoms with van der Waals surface area (Å²) in [5, 5.41) is 14.2. The predicted octanol–water partition coefficient (Wildman–Crippen LogP) is 2.39. The number of aromatic nitrogens is 2. The molecule has 0 aliphatic carbocycles. The molecular formula is C12H13BrN2O2. The molecule has 0 aliphatic rings. The number of aliphatic hydroxyl groups excluding tert-OH is 1. The van der Waals surface area contributed by atoms with E-state index < -0.39 is 6.10 Å². The molecule has 90 valence electrons. The topological polar surface area (TPSA) is 47.3 Å². The van der Waals surface area contributed by atoms with E-state index in [0.29, 0.717) is 6.54 Å². The van der Waals surface area contributed by atoms with Gasteiger partial charge in [-0.3, -0.25) is 4.68 Å². The smallest absolute Gasteiger partial charge is 0.119 e. The zero-order valence-electron chi connectivity index (χ0n) is 9.38. The minimum absolute atomic E-state index is 0.415. The largest absolute Gasteiger partial charge is 0.497 e. The van der Waals surface area contributed by atoms with Crippen LogP contribution >= 0.6 is 15.9 Å². The van der Waals surface area contributed by atoms with Gasteiger partial charge in [-0.1, -0.05) is 12.1 Å². The van der Waals surface area contributed by atoms with Crippen molar-refractivity contribution in [3.63, 3.8) is 0 Å². The van der Waals surface area contributed by atoms with Gasteiger partial charge < -0.3 is 9.84 Å². The summed E-state index contributed by atoms with van der Waals surface area (Å²) in [5.74, 6) is 0.739. The average Bonchev–Trinajstić information content (AvgIpc) is 2.75. The number of aliphatic hydroxyl groups is 1. The van der Waals surface area contributed by atoms with E-state index in [1.165, 1.54) is 0 Å². The van der Waals surface area contributed by atoms with Gasteiger partial charge in [0.1, 0.15) is 5.75 Å². The molecule has 0 radical (unpaired) electrons. The summed E-state index contributed by atoms with van der Waals surface area (Å²) >= 11 is 3.32. The van der Waals surface area contributed by atoms with Crippen LogP contribution in [0.4, 0.5) is 0 Å². The number of hydrogen-bond acceptors (Lipinski definition) is 3. The fraction of sp³-hybridized carbons (Fsp3) is 0.250. The second-order valence-electron chi connectivity index (χ2n) is 3.67. The van der Waals surface area contributed by atoms with Gasteiger partial charge in [-0.25, -0.2) is 0 Å². The Hall–Kier alpha value is -1.33. The Kier molecular flexibility index (Phi) is 3.81. The highest BCUT2D eigenvalue weighted by Gasteiger charge is 2.09. The van der Waals surface area contributed by atoms with Gasteiger partial charge in [0.25, 0.3) is 0 Å². The summed E-state index contributed by atoms with van der Waals surface area (Å²) in [7, 11) is 1.61. The van der Waals surface area contributed by atoms with Crippen LogP contribution in [-0.2, 0) is 6.54 Å². The Morgan fingerprint density at radius 1 is 1.53 bits per heavy atom. The van der Waals surface area contributed by atoms with E-state index in [0.717, 1.165) is 15.8 Å². The number of rotatable bonds is 4. The van der Waals surface area contributed by atoms with Gasteiger partial charge in [0.2, 0.25) is 0 Å². The normalized spacial score (nSPS) is 12.4. The molecule has 0 saturated carbocycles. The molecule has 2 rings (SSSR count). The molecule has 1 atom stereocenters. The molecule has 17 heavy (non-hydrogen) atoms. The molecule has 0 aliphatic heterocycles. The van der Waals surface area contributed by atoms with Crippen molar-refractivity contribution in [3.05, 3.63) is 46.7 Å². The standard InChI is InChI=1S/C12H13BrN2O2/c1-17-11-4-2-3-9(5-11)12(16)8-15-7-10(13)6-14-15/h2-7,12,16H,8H2,1H3. The van der Waals surface area contributed by atoms with E-state index >= 15 is 0 Å². The fourth-order valence-corrected chi connectivity index (χ4v) is 1.90. The summed E-state index contributed by atoms with van der Waals surface area (Å²) < 4.78 is 7.71. The van der Waals surface area contributed by atoms with Crippen molar-refractivity contribution in [1.82, 2.24) is 9.78 Å². The molecule has 0 spiro atoms. The van der Waals surface area contributed by atoms with Crippen LogP contribution in [0.25, 0.3) is 0 Å². The summed E-state index contributed by atoms with van der Waals surface area (Å²) in [6, 6.07) is 7.39. The first kappa shape index (κ1) is 12.1. The molecule has 4 nitrogen and oxygen atoms in total. The third-order valence-electron chi connectivity index (χ3n) is 2.44. The maximum Gasteiger partial charge on any atom is 0.119 e. The van der Waals surface area contributed by atoms with Crippen molar-refractivity contribution < 1.29 is 9.84 Å². The molecule has 0 saturated heterocycles. The molecule has 1 aromatic heterocycles. The van der Waals surface area contributed by atoms with E-state index in [9.17, 15) is 5.11 Å². The Morgan fingerprint density at radius 3 is 3.00 bits per heavy atom. The average molecular weight is 297 g/mol. The lowest BCUT2D eigenvalue weighted by Gasteiger charge is -2.12. The van der Waals surface area contributed by atoms with Crippen molar-refractivity contribution in [2.45, 2.75) is 12.6 Å². The first-order valence-corrected chi connectivity index (χ1v) is 5.98. The van der Waals surface area contributed by atoms with Crippen LogP contribution in [0.5, 0.6) is 5.75 Å². The van der Waals surface area contributed by atoms with Gasteiger partial charge in [-0.05, 0) is 33.6 Å². The van der Waals surface area contributed by atoms with Gasteiger partial charge >= 0.3 is 0 Å². The van der Waals surface area contributed by atoms with E-state index in [4.69, 9.17) is 4.74 Å². The second kappa shape index (κ2) is 5.33. The molecule has 2 aromatic rings. The molecule has 1 heterocycles. The lowest BCUT2D eigenvalue weighted by Crippen LogP contribution is -2.09. The van der Waals surface area contributed by atoms with Gasteiger partial charge in [0.05, 0.1) is 30.4 Å². The van der Waals surface area contributed by atoms with Crippen molar-refractivity contribution in [2.24, 2.45) is 0 Å². The fourth-order valence-electron chi connectivity index (χ4n) is 1.57. The molecule has 0 amide bonds. The summed E-state index contributed by atoms with van der Waals surface area (Å²) in [4.78, 5) is 0. The van der Waals surface area contributed by atoms with Gasteiger partial charge in [0.15, 0.2) is 0 Å². The Balaban J connectivity index is 2.11. The van der Waals surface area contributed by atoms with E-state index in [-0.39, 0.29) is 0 Å². The quantitative estimate of drug-likeness (QED) is 0.942. The van der Waals surface area contributed by atoms with E-state index in [2.05, 4.69) is 21.0 Å². The highest BCUT2D eigenvalue weighted by atomic mass is 79.9. The Bertz CT molecular complexity index is 499. The van der Waals surface area contributed by atoms with Gasteiger partial charge in [-0.2, -0.15) is 5.10 Å². The van der Waals surface area contributed by atoms with E-state index in [1.807, 2.05) is 30.5 Å². The van der Waals surface area contributed by atoms with Crippen molar-refractivity contribution in [3.8, 4) is 5.75 Å². The number of ether oxygens (including phenoxy) is 1. The highest BCUT2D eigenvalue weighted by Crippen LogP contribution is 2.20. The van der Waals surface area contributed by atoms with Crippen LogP contribution in [0.1, 0.15) is 11.7 Å². The maximum absolute atomic E-state index is 10.1. The second-order valence-corrected chi connectivity index (χ2v) is 4.59. The highest BCUT2D eigenvalue weighted by molar-refractivity contribution is 9.10. The SMILES string of the molecule is COc1cccc(C(O)Cn2cc(Br)cn2)c1. The minimum atomic E-state index is -0.600. The minimum Gasteiger partial charge on any atom is -0.497 e. The Morgan fingerprint density at radius 2 is 2.35 bits per heavy atom. The third kappa shape index (κ3) is 3.08.